The second-order valence-corrected chi connectivity index (χ2v) is 8.55. The van der Waals surface area contributed by atoms with Crippen molar-refractivity contribution in [1.29, 1.82) is 0 Å². The molecule has 0 aromatic heterocycles. The lowest BCUT2D eigenvalue weighted by Gasteiger charge is -2.30. The van der Waals surface area contributed by atoms with Crippen molar-refractivity contribution in [2.45, 2.75) is 31.4 Å². The Morgan fingerprint density at radius 3 is 2.57 bits per heavy atom. The number of aliphatic hydroxyl groups is 1. The van der Waals surface area contributed by atoms with Gasteiger partial charge in [-0.05, 0) is 43.5 Å². The van der Waals surface area contributed by atoms with Crippen molar-refractivity contribution in [3.8, 4) is 11.5 Å². The lowest BCUT2D eigenvalue weighted by molar-refractivity contribution is -0.534. The molecule has 0 aliphatic carbocycles. The summed E-state index contributed by atoms with van der Waals surface area (Å²) in [6, 6.07) is 14.0. The molecule has 0 bridgehead atoms. The van der Waals surface area contributed by atoms with Gasteiger partial charge in [-0.25, -0.2) is 0 Å². The van der Waals surface area contributed by atoms with Gasteiger partial charge in [0.15, 0.2) is 18.0 Å². The molecule has 3 aliphatic rings. The van der Waals surface area contributed by atoms with Crippen LogP contribution in [-0.4, -0.2) is 41.8 Å². The molecule has 5 nitrogen and oxygen atoms in total. The van der Waals surface area contributed by atoms with Gasteiger partial charge < -0.3 is 14.6 Å². The Balaban J connectivity index is 1.62. The van der Waals surface area contributed by atoms with Gasteiger partial charge in [0.1, 0.15) is 18.9 Å². The summed E-state index contributed by atoms with van der Waals surface area (Å²) in [4.78, 5) is 2.11. The van der Waals surface area contributed by atoms with Crippen LogP contribution in [0.25, 0.3) is 0 Å². The number of halogens is 1. The monoisotopic (exact) mass is 443 g/mol. The Bertz CT molecular complexity index is 928. The number of fused-ring (bicyclic) bond motifs is 1. The quantitative estimate of drug-likeness (QED) is 0.715. The molecule has 0 radical (unpaired) electrons. The van der Waals surface area contributed by atoms with Crippen LogP contribution in [0.5, 0.6) is 11.5 Å². The van der Waals surface area contributed by atoms with Crippen LogP contribution < -0.4 is 14.4 Å². The number of ether oxygens (including phenoxy) is 2. The van der Waals surface area contributed by atoms with Crippen molar-refractivity contribution in [3.63, 3.8) is 0 Å². The smallest absolute Gasteiger partial charge is 0.275 e. The van der Waals surface area contributed by atoms with Crippen LogP contribution in [-0.2, 0) is 5.72 Å². The van der Waals surface area contributed by atoms with E-state index in [1.807, 2.05) is 42.5 Å². The Hall–Kier alpha value is -2.05. The van der Waals surface area contributed by atoms with Crippen LogP contribution in [0, 0.1) is 0 Å². The Morgan fingerprint density at radius 2 is 1.75 bits per heavy atom. The van der Waals surface area contributed by atoms with E-state index >= 15 is 0 Å². The highest BCUT2D eigenvalue weighted by atomic mass is 79.9. The van der Waals surface area contributed by atoms with E-state index in [0.29, 0.717) is 19.8 Å². The Morgan fingerprint density at radius 1 is 0.964 bits per heavy atom. The molecule has 2 aromatic rings. The first-order valence-corrected chi connectivity index (χ1v) is 10.7. The molecule has 0 saturated heterocycles. The Labute approximate surface area is 173 Å². The van der Waals surface area contributed by atoms with Crippen molar-refractivity contribution in [2.24, 2.45) is 0 Å². The fourth-order valence-electron chi connectivity index (χ4n) is 4.49. The summed E-state index contributed by atoms with van der Waals surface area (Å²) >= 11 is 3.50. The first-order valence-electron chi connectivity index (χ1n) is 9.94. The summed E-state index contributed by atoms with van der Waals surface area (Å²) in [5, 5.41) is 12.0. The van der Waals surface area contributed by atoms with Gasteiger partial charge in [0.25, 0.3) is 11.6 Å². The molecule has 6 heteroatoms. The van der Waals surface area contributed by atoms with Crippen LogP contribution in [0.2, 0.25) is 0 Å². The number of hydrogen-bond donors (Lipinski definition) is 1. The zero-order chi connectivity index (χ0) is 19.1. The largest absolute Gasteiger partial charge is 0.486 e. The third-order valence-electron chi connectivity index (χ3n) is 5.82. The van der Waals surface area contributed by atoms with E-state index < -0.39 is 5.72 Å². The average molecular weight is 444 g/mol. The molecule has 1 atom stereocenters. The van der Waals surface area contributed by atoms with E-state index in [0.717, 1.165) is 53.0 Å². The first-order chi connectivity index (χ1) is 13.6. The summed E-state index contributed by atoms with van der Waals surface area (Å²) in [6.45, 7) is 2.67. The highest BCUT2D eigenvalue weighted by molar-refractivity contribution is 9.10. The standard InChI is InChI=1S/C22H24BrN2O3/c23-17-7-5-16(6-8-17)22(26)15-24-11-3-1-2-4-21(24)25(22)18-9-10-19-20(14-18)28-13-12-27-19/h5-10,14,26H,1-4,11-13,15H2/q+1/t22-/m0/s1. The van der Waals surface area contributed by atoms with Crippen LogP contribution >= 0.6 is 15.9 Å². The average Bonchev–Trinajstić information content (AvgIpc) is 2.84. The molecule has 0 unspecified atom stereocenters. The minimum Gasteiger partial charge on any atom is -0.486 e. The zero-order valence-corrected chi connectivity index (χ0v) is 17.3. The van der Waals surface area contributed by atoms with Crippen molar-refractivity contribution in [2.75, 3.05) is 31.2 Å². The van der Waals surface area contributed by atoms with E-state index in [1.54, 1.807) is 0 Å². The fourth-order valence-corrected chi connectivity index (χ4v) is 4.76. The number of amidine groups is 1. The summed E-state index contributed by atoms with van der Waals surface area (Å²) < 4.78 is 14.9. The van der Waals surface area contributed by atoms with Gasteiger partial charge in [-0.2, -0.15) is 4.90 Å². The van der Waals surface area contributed by atoms with Crippen LogP contribution in [0.15, 0.2) is 46.9 Å². The normalized spacial score (nSPS) is 24.1. The van der Waals surface area contributed by atoms with Gasteiger partial charge in [-0.15, -0.1) is 0 Å². The minimum absolute atomic E-state index is 0.552. The molecule has 3 heterocycles. The summed E-state index contributed by atoms with van der Waals surface area (Å²) in [5.74, 6) is 2.71. The SMILES string of the molecule is O[C@]1(c2ccc(Br)cc2)C[N+]2=C(CCCCC2)N1c1ccc2c(c1)OCCO2. The maximum atomic E-state index is 12.0. The second kappa shape index (κ2) is 7.08. The molecule has 28 heavy (non-hydrogen) atoms. The lowest BCUT2D eigenvalue weighted by atomic mass is 10.00. The third-order valence-corrected chi connectivity index (χ3v) is 6.35. The van der Waals surface area contributed by atoms with Gasteiger partial charge in [0.05, 0.1) is 6.54 Å². The van der Waals surface area contributed by atoms with E-state index in [2.05, 4.69) is 25.4 Å². The van der Waals surface area contributed by atoms with Gasteiger partial charge in [0.2, 0.25) is 0 Å². The number of hydrogen-bond acceptors (Lipinski definition) is 4. The number of anilines is 1. The molecule has 3 aliphatic heterocycles. The summed E-state index contributed by atoms with van der Waals surface area (Å²) in [5.41, 5.74) is 0.720. The molecule has 1 N–H and O–H groups in total. The molecule has 2 aromatic carbocycles. The van der Waals surface area contributed by atoms with Gasteiger partial charge >= 0.3 is 0 Å². The van der Waals surface area contributed by atoms with Crippen LogP contribution in [0.1, 0.15) is 31.2 Å². The van der Waals surface area contributed by atoms with Gasteiger partial charge in [-0.3, -0.25) is 4.58 Å². The number of benzene rings is 2. The van der Waals surface area contributed by atoms with Gasteiger partial charge in [0, 0.05) is 22.5 Å². The zero-order valence-electron chi connectivity index (χ0n) is 15.7. The third kappa shape index (κ3) is 2.99. The van der Waals surface area contributed by atoms with Crippen molar-refractivity contribution < 1.29 is 19.2 Å². The van der Waals surface area contributed by atoms with E-state index in [4.69, 9.17) is 9.47 Å². The van der Waals surface area contributed by atoms with Gasteiger partial charge in [-0.1, -0.05) is 28.1 Å². The summed E-state index contributed by atoms with van der Waals surface area (Å²) in [7, 11) is 0. The van der Waals surface area contributed by atoms with Crippen LogP contribution in [0.3, 0.4) is 0 Å². The maximum absolute atomic E-state index is 12.0. The molecule has 0 spiro atoms. The predicted octanol–water partition coefficient (Wildman–Crippen LogP) is 3.87. The van der Waals surface area contributed by atoms with E-state index in [1.165, 1.54) is 12.3 Å². The van der Waals surface area contributed by atoms with E-state index in [-0.39, 0.29) is 0 Å². The van der Waals surface area contributed by atoms with Crippen molar-refractivity contribution in [3.05, 3.63) is 52.5 Å². The maximum Gasteiger partial charge on any atom is 0.275 e. The van der Waals surface area contributed by atoms with Crippen molar-refractivity contribution in [1.82, 2.24) is 0 Å². The predicted molar refractivity (Wildman–Crippen MR) is 111 cm³/mol. The van der Waals surface area contributed by atoms with Crippen LogP contribution in [0.4, 0.5) is 5.69 Å². The Kier molecular flexibility index (Phi) is 4.56. The first kappa shape index (κ1) is 18.0. The molecule has 146 valence electrons. The molecular weight excluding hydrogens is 420 g/mol. The molecule has 0 saturated carbocycles. The van der Waals surface area contributed by atoms with E-state index in [9.17, 15) is 5.11 Å². The minimum atomic E-state index is -1.11. The lowest BCUT2D eigenvalue weighted by Crippen LogP contribution is -2.47. The topological polar surface area (TPSA) is 44.9 Å². The molecular formula is C22H24BrN2O3+. The second-order valence-electron chi connectivity index (χ2n) is 7.64. The summed E-state index contributed by atoms with van der Waals surface area (Å²) in [6.07, 6.45) is 4.50. The number of nitrogens with zero attached hydrogens (tertiary/aromatic N) is 2. The fraction of sp³-hybridized carbons (Fsp3) is 0.409. The number of rotatable bonds is 2. The highest BCUT2D eigenvalue weighted by Gasteiger charge is 2.54. The van der Waals surface area contributed by atoms with Crippen molar-refractivity contribution >= 4 is 27.5 Å². The molecule has 0 amide bonds. The molecule has 5 rings (SSSR count). The molecule has 0 fully saturated rings. The highest BCUT2D eigenvalue weighted by Crippen LogP contribution is 2.41.